The van der Waals surface area contributed by atoms with Crippen LogP contribution >= 0.6 is 45.2 Å². The van der Waals surface area contributed by atoms with Crippen molar-refractivity contribution in [3.63, 3.8) is 0 Å². The van der Waals surface area contributed by atoms with Gasteiger partial charge in [-0.1, -0.05) is 130 Å². The molecule has 416 valence electrons. The zero-order valence-electron chi connectivity index (χ0n) is 45.5. The van der Waals surface area contributed by atoms with E-state index < -0.39 is 69.2 Å². The lowest BCUT2D eigenvalue weighted by molar-refractivity contribution is 0.384. The number of hydrogen-bond donors (Lipinski definition) is 0. The van der Waals surface area contributed by atoms with Gasteiger partial charge in [0.25, 0.3) is 22.2 Å². The number of hydrogen-bond acceptors (Lipinski definition) is 4. The molecule has 0 aliphatic heterocycles. The van der Waals surface area contributed by atoms with Crippen molar-refractivity contribution >= 4 is 131 Å². The van der Waals surface area contributed by atoms with Gasteiger partial charge in [-0.05, 0) is 174 Å². The molecule has 0 aliphatic rings. The van der Waals surface area contributed by atoms with Gasteiger partial charge in [-0.2, -0.15) is 0 Å². The van der Waals surface area contributed by atoms with Gasteiger partial charge in [0.1, 0.15) is 0 Å². The van der Waals surface area contributed by atoms with Gasteiger partial charge in [0.05, 0.1) is 0 Å². The molecule has 0 saturated heterocycles. The number of halogens is 8. The first kappa shape index (κ1) is 56.5. The van der Waals surface area contributed by atoms with Crippen LogP contribution in [0.5, 0.6) is 0 Å². The zero-order valence-corrected chi connectivity index (χ0v) is 49.8. The van der Waals surface area contributed by atoms with Crippen LogP contribution in [0.15, 0.2) is 67.7 Å². The standard InChI is InChI=1S/C66H62F6I2N2O4/c1-5-9-13-17-21-35(22-18-14-10-6-2)75-63(77)41-29-37-49(33-25-45(67)59(71)46(68)26-33)61(73)39-31-43-52-44(66(80)76(65(43)79)36(23-19-15-11-7-3)24-20-16-12-8-4)32-40-56-54-38(50(62(40)74)34-27-47(69)60(72)48(70)28-34)30-42(64(75)78)51(41)57(54)53(37)55(39)58(52)56/h25-32,35-36H,5-24H2,1-4H3. The highest BCUT2D eigenvalue weighted by Gasteiger charge is 2.34. The normalized spacial score (nSPS) is 12.7. The minimum absolute atomic E-state index is 0.0473. The van der Waals surface area contributed by atoms with E-state index in [9.17, 15) is 0 Å². The first-order valence-electron chi connectivity index (χ1n) is 28.8. The van der Waals surface area contributed by atoms with Crippen molar-refractivity contribution in [1.82, 2.24) is 9.13 Å². The number of benzene rings is 9. The molecule has 14 heteroatoms. The highest BCUT2D eigenvalue weighted by molar-refractivity contribution is 14.1. The molecule has 0 bridgehead atoms. The van der Waals surface area contributed by atoms with Crippen LogP contribution in [-0.2, 0) is 0 Å². The summed E-state index contributed by atoms with van der Waals surface area (Å²) in [6.07, 6.45) is 16.9. The van der Waals surface area contributed by atoms with Crippen LogP contribution in [0.1, 0.15) is 168 Å². The maximum absolute atomic E-state index is 15.8. The molecule has 0 radical (unpaired) electrons. The van der Waals surface area contributed by atoms with Crippen molar-refractivity contribution in [2.45, 2.75) is 168 Å². The topological polar surface area (TPSA) is 78.1 Å². The van der Waals surface area contributed by atoms with Crippen LogP contribution in [0.25, 0.3) is 108 Å². The Morgan fingerprint density at radius 2 is 0.600 bits per heavy atom. The van der Waals surface area contributed by atoms with E-state index in [1.54, 1.807) is 24.3 Å². The lowest BCUT2D eigenvalue weighted by Crippen LogP contribution is -2.37. The third-order valence-corrected chi connectivity index (χ3v) is 19.6. The lowest BCUT2D eigenvalue weighted by atomic mass is 9.77. The molecule has 0 atom stereocenters. The van der Waals surface area contributed by atoms with Crippen LogP contribution in [0.4, 0.5) is 26.3 Å². The fourth-order valence-electron chi connectivity index (χ4n) is 13.6. The first-order valence-corrected chi connectivity index (χ1v) is 31.0. The number of nitrogens with zero attached hydrogens (tertiary/aromatic N) is 2. The Morgan fingerprint density at radius 1 is 0.338 bits per heavy atom. The van der Waals surface area contributed by atoms with Gasteiger partial charge in [-0.25, -0.2) is 26.3 Å². The van der Waals surface area contributed by atoms with E-state index in [4.69, 9.17) is 0 Å². The van der Waals surface area contributed by atoms with E-state index >= 15 is 45.5 Å². The zero-order chi connectivity index (χ0) is 56.6. The second-order valence-corrected chi connectivity index (χ2v) is 24.6. The minimum atomic E-state index is -1.67. The van der Waals surface area contributed by atoms with Gasteiger partial charge in [0.2, 0.25) is 0 Å². The summed E-state index contributed by atoms with van der Waals surface area (Å²) in [7, 11) is 0. The number of aromatic nitrogens is 2. The van der Waals surface area contributed by atoms with Crippen molar-refractivity contribution in [3.05, 3.63) is 132 Å². The van der Waals surface area contributed by atoms with Crippen molar-refractivity contribution in [2.75, 3.05) is 0 Å². The SMILES string of the molecule is CCCCCCC(CCCCCC)n1c(=O)c2cc3c(I)c(-c4cc(F)c(F)c(F)c4)c4cc5c(=O)n(C(CCCCCC)CCCCCC)c(=O)c6cc7c(-c8cc(F)c(F)c(F)c8)c(I)c8cc(c1=O)c2c1c3c4c(c56)c7c81. The summed E-state index contributed by atoms with van der Waals surface area (Å²) >= 11 is 4.22. The Balaban J connectivity index is 1.38. The fraction of sp³-hybridized carbons (Fsp3) is 0.394. The monoisotopic (exact) mass is 1310 g/mol. The predicted octanol–water partition coefficient (Wildman–Crippen LogP) is 19.5. The third kappa shape index (κ3) is 9.08. The summed E-state index contributed by atoms with van der Waals surface area (Å²) in [5.41, 5.74) is -1.67. The number of pyridine rings is 2. The maximum Gasteiger partial charge on any atom is 0.261 e. The van der Waals surface area contributed by atoms with Crippen molar-refractivity contribution in [3.8, 4) is 22.3 Å². The quantitative estimate of drug-likeness (QED) is 0.0151. The average Bonchev–Trinajstić information content (AvgIpc) is 3.56. The highest BCUT2D eigenvalue weighted by atomic mass is 127. The van der Waals surface area contributed by atoms with Gasteiger partial charge >= 0.3 is 0 Å². The van der Waals surface area contributed by atoms with E-state index in [0.29, 0.717) is 97.5 Å². The molecule has 0 aliphatic carbocycles. The van der Waals surface area contributed by atoms with Crippen LogP contribution in [0.2, 0.25) is 0 Å². The Bertz CT molecular complexity index is 4110. The molecule has 0 amide bonds. The van der Waals surface area contributed by atoms with E-state index in [1.165, 1.54) is 9.13 Å². The van der Waals surface area contributed by atoms with E-state index in [1.807, 2.05) is 0 Å². The maximum atomic E-state index is 15.8. The molecule has 11 rings (SSSR count). The van der Waals surface area contributed by atoms with Crippen LogP contribution in [-0.4, -0.2) is 9.13 Å². The molecule has 2 heterocycles. The van der Waals surface area contributed by atoms with E-state index in [0.717, 1.165) is 127 Å². The van der Waals surface area contributed by atoms with Gasteiger partial charge < -0.3 is 0 Å². The lowest BCUT2D eigenvalue weighted by Gasteiger charge is -2.28. The van der Waals surface area contributed by atoms with Gasteiger partial charge in [-0.15, -0.1) is 0 Å². The Morgan fingerprint density at radius 3 is 0.875 bits per heavy atom. The smallest absolute Gasteiger partial charge is 0.261 e. The largest absolute Gasteiger partial charge is 0.271 e. The Hall–Kier alpha value is -5.36. The highest BCUT2D eigenvalue weighted by Crippen LogP contribution is 2.57. The third-order valence-electron chi connectivity index (χ3n) is 17.4. The molecule has 11 aromatic rings. The molecular weight excluding hydrogens is 1250 g/mol. The summed E-state index contributed by atoms with van der Waals surface area (Å²) < 4.78 is 96.9. The molecule has 9 aromatic carbocycles. The fourth-order valence-corrected chi connectivity index (χ4v) is 15.6. The second-order valence-electron chi connectivity index (χ2n) is 22.4. The van der Waals surface area contributed by atoms with Crippen LogP contribution in [0.3, 0.4) is 0 Å². The molecule has 80 heavy (non-hydrogen) atoms. The number of rotatable bonds is 24. The Labute approximate surface area is 485 Å². The van der Waals surface area contributed by atoms with E-state index in [2.05, 4.69) is 72.9 Å². The van der Waals surface area contributed by atoms with Crippen molar-refractivity contribution in [1.29, 1.82) is 0 Å². The molecule has 0 spiro atoms. The van der Waals surface area contributed by atoms with Gasteiger partial charge in [-0.3, -0.25) is 28.3 Å². The van der Waals surface area contributed by atoms with Crippen molar-refractivity contribution < 1.29 is 26.3 Å². The summed E-state index contributed by atoms with van der Waals surface area (Å²) in [6, 6.07) is 9.54. The van der Waals surface area contributed by atoms with Crippen LogP contribution < -0.4 is 22.2 Å². The first-order chi connectivity index (χ1) is 38.6. The summed E-state index contributed by atoms with van der Waals surface area (Å²) in [4.78, 5) is 62.9. The molecule has 0 saturated carbocycles. The summed E-state index contributed by atoms with van der Waals surface area (Å²) in [5, 5.41) is 6.12. The predicted molar refractivity (Wildman–Crippen MR) is 333 cm³/mol. The van der Waals surface area contributed by atoms with Gasteiger partial charge in [0, 0.05) is 73.4 Å². The molecular formula is C66H62F6I2N2O4. The second kappa shape index (κ2) is 22.8. The van der Waals surface area contributed by atoms with E-state index in [-0.39, 0.29) is 43.8 Å². The Kier molecular flexibility index (Phi) is 16.1. The van der Waals surface area contributed by atoms with Gasteiger partial charge in [0.15, 0.2) is 34.9 Å². The summed E-state index contributed by atoms with van der Waals surface area (Å²) in [5.74, 6) is -9.11. The van der Waals surface area contributed by atoms with Crippen molar-refractivity contribution in [2.24, 2.45) is 0 Å². The molecule has 2 aromatic heterocycles. The molecule has 0 N–H and O–H groups in total. The number of unbranched alkanes of at least 4 members (excludes halogenated alkanes) is 12. The average molecular weight is 1320 g/mol. The summed E-state index contributed by atoms with van der Waals surface area (Å²) in [6.45, 7) is 8.46. The molecule has 0 fully saturated rings. The molecule has 0 unspecified atom stereocenters. The molecule has 6 nitrogen and oxygen atoms in total. The minimum Gasteiger partial charge on any atom is -0.271 e. The van der Waals surface area contributed by atoms with Crippen LogP contribution in [0, 0.1) is 42.0 Å².